The van der Waals surface area contributed by atoms with E-state index in [4.69, 9.17) is 4.74 Å². The van der Waals surface area contributed by atoms with Crippen LogP contribution in [0.25, 0.3) is 0 Å². The van der Waals surface area contributed by atoms with Gasteiger partial charge < -0.3 is 20.1 Å². The molecule has 0 aliphatic rings. The average molecular weight is 429 g/mol. The molecule has 0 unspecified atom stereocenters. The quantitative estimate of drug-likeness (QED) is 0.629. The zero-order chi connectivity index (χ0) is 23.3. The lowest BCUT2D eigenvalue weighted by Gasteiger charge is -2.23. The fourth-order valence-corrected chi connectivity index (χ4v) is 2.82. The molecule has 2 N–H and O–H groups in total. The van der Waals surface area contributed by atoms with Gasteiger partial charge in [0.2, 0.25) is 0 Å². The lowest BCUT2D eigenvalue weighted by Crippen LogP contribution is -2.41. The molecule has 0 saturated carbocycles. The van der Waals surface area contributed by atoms with Crippen LogP contribution in [0.2, 0.25) is 0 Å². The molecule has 6 nitrogen and oxygen atoms in total. The largest absolute Gasteiger partial charge is 0.468 e. The average Bonchev–Trinajstić information content (AvgIpc) is 2.76. The van der Waals surface area contributed by atoms with E-state index in [0.29, 0.717) is 12.8 Å². The van der Waals surface area contributed by atoms with E-state index in [1.165, 1.54) is 7.11 Å². The van der Waals surface area contributed by atoms with Crippen LogP contribution in [-0.2, 0) is 31.9 Å². The van der Waals surface area contributed by atoms with E-state index in [9.17, 15) is 9.59 Å². The molecule has 6 heteroatoms. The molecule has 2 atom stereocenters. The summed E-state index contributed by atoms with van der Waals surface area (Å²) in [6.45, 7) is 5.63. The van der Waals surface area contributed by atoms with E-state index < -0.39 is 5.60 Å². The molecule has 0 radical (unpaired) electrons. The predicted octanol–water partition coefficient (Wildman–Crippen LogP) is 3.15. The second-order valence-electron chi connectivity index (χ2n) is 8.12. The van der Waals surface area contributed by atoms with Gasteiger partial charge in [-0.3, -0.25) is 9.59 Å². The number of ether oxygens (including phenoxy) is 2. The highest BCUT2D eigenvalue weighted by Gasteiger charge is 2.23. The topological polar surface area (TPSA) is 76.7 Å². The summed E-state index contributed by atoms with van der Waals surface area (Å²) in [5, 5.41) is 5.93. The number of benzene rings is 2. The Morgan fingerprint density at radius 3 is 1.48 bits per heavy atom. The van der Waals surface area contributed by atoms with Gasteiger partial charge in [0.15, 0.2) is 0 Å². The van der Waals surface area contributed by atoms with Crippen molar-refractivity contribution in [2.75, 3.05) is 21.2 Å². The van der Waals surface area contributed by atoms with Crippen molar-refractivity contribution >= 4 is 11.9 Å². The Morgan fingerprint density at radius 1 is 0.774 bits per heavy atom. The van der Waals surface area contributed by atoms with Gasteiger partial charge in [-0.05, 0) is 58.8 Å². The van der Waals surface area contributed by atoms with Crippen molar-refractivity contribution in [1.29, 1.82) is 0 Å². The van der Waals surface area contributed by atoms with Crippen LogP contribution in [0.15, 0.2) is 60.7 Å². The van der Waals surface area contributed by atoms with Crippen LogP contribution >= 0.6 is 0 Å². The Bertz CT molecular complexity index is 773. The molecule has 31 heavy (non-hydrogen) atoms. The predicted molar refractivity (Wildman–Crippen MR) is 124 cm³/mol. The van der Waals surface area contributed by atoms with E-state index in [1.54, 1.807) is 14.1 Å². The number of rotatable bonds is 8. The fourth-order valence-electron chi connectivity index (χ4n) is 2.82. The summed E-state index contributed by atoms with van der Waals surface area (Å²) in [7, 11) is 4.93. The molecule has 0 aliphatic carbocycles. The van der Waals surface area contributed by atoms with Crippen molar-refractivity contribution < 1.29 is 19.1 Å². The molecular formula is C25H36N2O4. The van der Waals surface area contributed by atoms with Crippen molar-refractivity contribution in [3.8, 4) is 0 Å². The van der Waals surface area contributed by atoms with Crippen molar-refractivity contribution in [1.82, 2.24) is 10.6 Å². The van der Waals surface area contributed by atoms with Gasteiger partial charge in [0.25, 0.3) is 0 Å². The number of esters is 2. The van der Waals surface area contributed by atoms with E-state index in [-0.39, 0.29) is 24.0 Å². The van der Waals surface area contributed by atoms with Crippen LogP contribution in [0.1, 0.15) is 31.9 Å². The van der Waals surface area contributed by atoms with E-state index in [1.807, 2.05) is 81.4 Å². The van der Waals surface area contributed by atoms with Crippen molar-refractivity contribution in [2.45, 2.75) is 51.3 Å². The Hall–Kier alpha value is -2.70. The van der Waals surface area contributed by atoms with Gasteiger partial charge in [-0.25, -0.2) is 0 Å². The number of methoxy groups -OCH3 is 1. The number of hydrogen-bond donors (Lipinski definition) is 2. The molecule has 0 amide bonds. The maximum Gasteiger partial charge on any atom is 0.323 e. The number of carbonyl (C=O) groups excluding carboxylic acids is 2. The normalized spacial score (nSPS) is 12.7. The molecule has 2 aromatic carbocycles. The minimum atomic E-state index is -0.442. The molecule has 0 heterocycles. The lowest BCUT2D eigenvalue weighted by atomic mass is 10.1. The van der Waals surface area contributed by atoms with E-state index >= 15 is 0 Å². The van der Waals surface area contributed by atoms with Gasteiger partial charge in [0, 0.05) is 0 Å². The van der Waals surface area contributed by atoms with Crippen LogP contribution in [-0.4, -0.2) is 50.8 Å². The molecule has 2 aromatic rings. The van der Waals surface area contributed by atoms with Gasteiger partial charge in [0.05, 0.1) is 7.11 Å². The molecule has 0 aromatic heterocycles. The standard InChI is InChI=1S/C14H21NO2.C11H15NO2/c1-14(2,3)17-13(16)12(15-4)10-11-8-6-5-7-9-11;1-12-10(11(13)14-2)8-9-6-4-3-5-7-9/h5-9,12,15H,10H2,1-4H3;3-7,10,12H,8H2,1-2H3/t12-;10-/m00/s1. The summed E-state index contributed by atoms with van der Waals surface area (Å²) in [6, 6.07) is 19.2. The molecule has 0 aliphatic heterocycles. The molecule has 0 spiro atoms. The van der Waals surface area contributed by atoms with Crippen LogP contribution in [0, 0.1) is 0 Å². The summed E-state index contributed by atoms with van der Waals surface area (Å²) in [5.41, 5.74) is 1.80. The third-order valence-electron chi connectivity index (χ3n) is 4.44. The highest BCUT2D eigenvalue weighted by molar-refractivity contribution is 5.76. The van der Waals surface area contributed by atoms with Gasteiger partial charge in [-0.2, -0.15) is 0 Å². The number of hydrogen-bond acceptors (Lipinski definition) is 6. The molecule has 0 saturated heterocycles. The van der Waals surface area contributed by atoms with Gasteiger partial charge in [0.1, 0.15) is 17.7 Å². The molecule has 2 rings (SSSR count). The van der Waals surface area contributed by atoms with Gasteiger partial charge >= 0.3 is 11.9 Å². The zero-order valence-electron chi connectivity index (χ0n) is 19.5. The Morgan fingerprint density at radius 2 is 1.16 bits per heavy atom. The Balaban J connectivity index is 0.000000316. The summed E-state index contributed by atoms with van der Waals surface area (Å²) < 4.78 is 10.0. The summed E-state index contributed by atoms with van der Waals surface area (Å²) in [4.78, 5) is 23.2. The first-order valence-electron chi connectivity index (χ1n) is 10.4. The van der Waals surface area contributed by atoms with Gasteiger partial charge in [-0.15, -0.1) is 0 Å². The highest BCUT2D eigenvalue weighted by atomic mass is 16.6. The lowest BCUT2D eigenvalue weighted by molar-refractivity contribution is -0.157. The minimum absolute atomic E-state index is 0.205. The highest BCUT2D eigenvalue weighted by Crippen LogP contribution is 2.11. The molecule has 0 fully saturated rings. The number of likely N-dealkylation sites (N-methyl/N-ethyl adjacent to an activating group) is 2. The first-order chi connectivity index (χ1) is 14.7. The maximum absolute atomic E-state index is 11.9. The minimum Gasteiger partial charge on any atom is -0.468 e. The monoisotopic (exact) mass is 428 g/mol. The summed E-state index contributed by atoms with van der Waals surface area (Å²) >= 11 is 0. The Labute approximate surface area is 186 Å². The maximum atomic E-state index is 11.9. The fraction of sp³-hybridized carbons (Fsp3) is 0.440. The van der Waals surface area contributed by atoms with Crippen LogP contribution < -0.4 is 10.6 Å². The first-order valence-corrected chi connectivity index (χ1v) is 10.4. The first kappa shape index (κ1) is 26.3. The zero-order valence-corrected chi connectivity index (χ0v) is 19.5. The van der Waals surface area contributed by atoms with Gasteiger partial charge in [-0.1, -0.05) is 60.7 Å². The second kappa shape index (κ2) is 13.6. The number of carbonyl (C=O) groups is 2. The van der Waals surface area contributed by atoms with Crippen LogP contribution in [0.4, 0.5) is 0 Å². The van der Waals surface area contributed by atoms with Crippen molar-refractivity contribution in [3.63, 3.8) is 0 Å². The smallest absolute Gasteiger partial charge is 0.323 e. The van der Waals surface area contributed by atoms with E-state index in [2.05, 4.69) is 15.4 Å². The molecule has 0 bridgehead atoms. The Kier molecular flexibility index (Phi) is 11.5. The van der Waals surface area contributed by atoms with Crippen LogP contribution in [0.5, 0.6) is 0 Å². The van der Waals surface area contributed by atoms with E-state index in [0.717, 1.165) is 11.1 Å². The van der Waals surface area contributed by atoms with Crippen LogP contribution in [0.3, 0.4) is 0 Å². The second-order valence-corrected chi connectivity index (χ2v) is 8.12. The SMILES string of the molecule is CN[C@@H](Cc1ccccc1)C(=O)OC.CN[C@@H](Cc1ccccc1)C(=O)OC(C)(C)C. The molecular weight excluding hydrogens is 392 g/mol. The summed E-state index contributed by atoms with van der Waals surface area (Å²) in [5.74, 6) is -0.430. The summed E-state index contributed by atoms with van der Waals surface area (Å²) in [6.07, 6.45) is 1.30. The third-order valence-corrected chi connectivity index (χ3v) is 4.44. The third kappa shape index (κ3) is 10.8. The molecule has 170 valence electrons. The van der Waals surface area contributed by atoms with Crippen molar-refractivity contribution in [3.05, 3.63) is 71.8 Å². The van der Waals surface area contributed by atoms with Crippen molar-refractivity contribution in [2.24, 2.45) is 0 Å². The number of nitrogens with one attached hydrogen (secondary N) is 2.